The number of carbonyl (C=O) groups is 1. The van der Waals surface area contributed by atoms with E-state index in [9.17, 15) is 4.79 Å². The molecule has 5 nitrogen and oxygen atoms in total. The largest absolute Gasteiger partial charge is 0.493 e. The summed E-state index contributed by atoms with van der Waals surface area (Å²) in [6.07, 6.45) is 0.342. The van der Waals surface area contributed by atoms with Gasteiger partial charge >= 0.3 is 0 Å². The SMILES string of the molecule is Cc1ccc(OCCC(=O)N(C)Cc2c(C)nn(-c3ccccc3)c2C)cc1C. The quantitative estimate of drug-likeness (QED) is 0.594. The standard InChI is InChI=1S/C24H29N3O2/c1-17-11-12-22(15-18(17)2)29-14-13-24(28)26(5)16-23-19(3)25-27(20(23)4)21-9-7-6-8-10-21/h6-12,15H,13-14,16H2,1-5H3. The van der Waals surface area contributed by atoms with Crippen LogP contribution in [0.25, 0.3) is 5.69 Å². The van der Waals surface area contributed by atoms with E-state index in [2.05, 4.69) is 18.9 Å². The van der Waals surface area contributed by atoms with Crippen LogP contribution in [0.5, 0.6) is 5.75 Å². The van der Waals surface area contributed by atoms with Gasteiger partial charge < -0.3 is 9.64 Å². The number of hydrogen-bond acceptors (Lipinski definition) is 3. The van der Waals surface area contributed by atoms with E-state index in [1.165, 1.54) is 11.1 Å². The minimum atomic E-state index is 0.0556. The second-order valence-corrected chi connectivity index (χ2v) is 7.49. The first-order valence-electron chi connectivity index (χ1n) is 9.91. The summed E-state index contributed by atoms with van der Waals surface area (Å²) in [6, 6.07) is 16.0. The van der Waals surface area contributed by atoms with E-state index in [1.54, 1.807) is 4.90 Å². The third-order valence-corrected chi connectivity index (χ3v) is 5.33. The number of para-hydroxylation sites is 1. The highest BCUT2D eigenvalue weighted by atomic mass is 16.5. The highest BCUT2D eigenvalue weighted by molar-refractivity contribution is 5.76. The molecule has 1 heterocycles. The number of benzene rings is 2. The number of amides is 1. The lowest BCUT2D eigenvalue weighted by atomic mass is 10.1. The predicted molar refractivity (Wildman–Crippen MR) is 116 cm³/mol. The van der Waals surface area contributed by atoms with Gasteiger partial charge in [0.05, 0.1) is 24.4 Å². The van der Waals surface area contributed by atoms with Gasteiger partial charge in [-0.2, -0.15) is 5.10 Å². The number of ether oxygens (including phenoxy) is 1. The van der Waals surface area contributed by atoms with Crippen LogP contribution in [0.1, 0.15) is 34.5 Å². The number of rotatable bonds is 7. The van der Waals surface area contributed by atoms with Crippen LogP contribution in [0.15, 0.2) is 48.5 Å². The van der Waals surface area contributed by atoms with Gasteiger partial charge in [-0.1, -0.05) is 24.3 Å². The van der Waals surface area contributed by atoms with Gasteiger partial charge in [0.1, 0.15) is 5.75 Å². The fourth-order valence-corrected chi connectivity index (χ4v) is 3.30. The highest BCUT2D eigenvalue weighted by Gasteiger charge is 2.17. The number of aryl methyl sites for hydroxylation is 3. The molecule has 1 aromatic heterocycles. The average molecular weight is 392 g/mol. The summed E-state index contributed by atoms with van der Waals surface area (Å²) in [4.78, 5) is 14.3. The normalized spacial score (nSPS) is 10.8. The van der Waals surface area contributed by atoms with Gasteiger partial charge in [0.25, 0.3) is 0 Å². The van der Waals surface area contributed by atoms with Crippen molar-refractivity contribution in [1.29, 1.82) is 0 Å². The van der Waals surface area contributed by atoms with Crippen molar-refractivity contribution >= 4 is 5.91 Å². The van der Waals surface area contributed by atoms with Crippen LogP contribution in [-0.4, -0.2) is 34.2 Å². The molecule has 5 heteroatoms. The van der Waals surface area contributed by atoms with Gasteiger partial charge in [-0.25, -0.2) is 4.68 Å². The van der Waals surface area contributed by atoms with Crippen LogP contribution in [-0.2, 0) is 11.3 Å². The number of aromatic nitrogens is 2. The number of hydrogen-bond donors (Lipinski definition) is 0. The fourth-order valence-electron chi connectivity index (χ4n) is 3.30. The summed E-state index contributed by atoms with van der Waals surface area (Å²) in [5.74, 6) is 0.861. The molecule has 0 saturated carbocycles. The van der Waals surface area contributed by atoms with Gasteiger partial charge in [-0.05, 0) is 63.1 Å². The van der Waals surface area contributed by atoms with E-state index < -0.39 is 0 Å². The molecule has 0 aliphatic carbocycles. The molecule has 1 amide bonds. The zero-order chi connectivity index (χ0) is 21.0. The number of nitrogens with zero attached hydrogens (tertiary/aromatic N) is 3. The van der Waals surface area contributed by atoms with Gasteiger partial charge in [0.15, 0.2) is 0 Å². The zero-order valence-electron chi connectivity index (χ0n) is 17.9. The molecule has 3 aromatic rings. The zero-order valence-corrected chi connectivity index (χ0v) is 17.9. The highest BCUT2D eigenvalue weighted by Crippen LogP contribution is 2.20. The Labute approximate surface area is 172 Å². The van der Waals surface area contributed by atoms with Crippen LogP contribution in [0.2, 0.25) is 0 Å². The topological polar surface area (TPSA) is 47.4 Å². The molecule has 0 bridgehead atoms. The molecular weight excluding hydrogens is 362 g/mol. The smallest absolute Gasteiger partial charge is 0.226 e. The van der Waals surface area contributed by atoms with Crippen molar-refractivity contribution < 1.29 is 9.53 Å². The van der Waals surface area contributed by atoms with E-state index in [1.807, 2.05) is 74.1 Å². The Morgan fingerprint density at radius 2 is 1.76 bits per heavy atom. The van der Waals surface area contributed by atoms with E-state index in [4.69, 9.17) is 4.74 Å². The molecular formula is C24H29N3O2. The molecule has 0 radical (unpaired) electrons. The van der Waals surface area contributed by atoms with Gasteiger partial charge in [-0.3, -0.25) is 4.79 Å². The maximum atomic E-state index is 12.6. The molecule has 0 N–H and O–H groups in total. The Hall–Kier alpha value is -3.08. The van der Waals surface area contributed by atoms with Crippen LogP contribution >= 0.6 is 0 Å². The molecule has 3 rings (SSSR count). The summed E-state index contributed by atoms with van der Waals surface area (Å²) < 4.78 is 7.69. The summed E-state index contributed by atoms with van der Waals surface area (Å²) in [6.45, 7) is 9.06. The Bertz CT molecular complexity index is 993. The predicted octanol–water partition coefficient (Wildman–Crippen LogP) is 4.53. The maximum Gasteiger partial charge on any atom is 0.226 e. The molecule has 0 unspecified atom stereocenters. The summed E-state index contributed by atoms with van der Waals surface area (Å²) >= 11 is 0. The van der Waals surface area contributed by atoms with Gasteiger partial charge in [0, 0.05) is 24.8 Å². The van der Waals surface area contributed by atoms with Crippen molar-refractivity contribution in [1.82, 2.24) is 14.7 Å². The van der Waals surface area contributed by atoms with Crippen molar-refractivity contribution in [2.75, 3.05) is 13.7 Å². The molecule has 152 valence electrons. The van der Waals surface area contributed by atoms with E-state index in [-0.39, 0.29) is 5.91 Å². The molecule has 0 atom stereocenters. The number of carbonyl (C=O) groups excluding carboxylic acids is 1. The van der Waals surface area contributed by atoms with E-state index in [0.29, 0.717) is 19.6 Å². The monoisotopic (exact) mass is 391 g/mol. The molecule has 0 aliphatic heterocycles. The first-order chi connectivity index (χ1) is 13.9. The van der Waals surface area contributed by atoms with Crippen LogP contribution < -0.4 is 4.74 Å². The second kappa shape index (κ2) is 8.95. The summed E-state index contributed by atoms with van der Waals surface area (Å²) in [5, 5.41) is 4.66. The van der Waals surface area contributed by atoms with Crippen molar-refractivity contribution in [2.45, 2.75) is 40.7 Å². The lowest BCUT2D eigenvalue weighted by Gasteiger charge is -2.18. The molecule has 0 spiro atoms. The van der Waals surface area contributed by atoms with Crippen molar-refractivity contribution in [3.63, 3.8) is 0 Å². The Balaban J connectivity index is 1.59. The van der Waals surface area contributed by atoms with E-state index in [0.717, 1.165) is 28.4 Å². The molecule has 0 saturated heterocycles. The Kier molecular flexibility index (Phi) is 6.37. The summed E-state index contributed by atoms with van der Waals surface area (Å²) in [7, 11) is 1.83. The van der Waals surface area contributed by atoms with Crippen LogP contribution in [0.3, 0.4) is 0 Å². The fraction of sp³-hybridized carbons (Fsp3) is 0.333. The molecule has 0 aliphatic rings. The van der Waals surface area contributed by atoms with E-state index >= 15 is 0 Å². The Morgan fingerprint density at radius 3 is 2.45 bits per heavy atom. The Morgan fingerprint density at radius 1 is 1.03 bits per heavy atom. The lowest BCUT2D eigenvalue weighted by Crippen LogP contribution is -2.28. The van der Waals surface area contributed by atoms with Gasteiger partial charge in [-0.15, -0.1) is 0 Å². The maximum absolute atomic E-state index is 12.6. The van der Waals surface area contributed by atoms with Crippen molar-refractivity contribution in [3.05, 3.63) is 76.6 Å². The third kappa shape index (κ3) is 4.86. The lowest BCUT2D eigenvalue weighted by molar-refractivity contribution is -0.130. The first-order valence-corrected chi connectivity index (χ1v) is 9.91. The average Bonchev–Trinajstić information content (AvgIpc) is 2.99. The van der Waals surface area contributed by atoms with Crippen LogP contribution in [0, 0.1) is 27.7 Å². The minimum Gasteiger partial charge on any atom is -0.493 e. The third-order valence-electron chi connectivity index (χ3n) is 5.33. The van der Waals surface area contributed by atoms with Crippen molar-refractivity contribution in [3.8, 4) is 11.4 Å². The molecule has 29 heavy (non-hydrogen) atoms. The van der Waals surface area contributed by atoms with Gasteiger partial charge in [0.2, 0.25) is 5.91 Å². The van der Waals surface area contributed by atoms with Crippen LogP contribution in [0.4, 0.5) is 0 Å². The summed E-state index contributed by atoms with van der Waals surface area (Å²) in [5.41, 5.74) is 6.52. The second-order valence-electron chi connectivity index (χ2n) is 7.49. The molecule has 2 aromatic carbocycles. The van der Waals surface area contributed by atoms with Crippen molar-refractivity contribution in [2.24, 2.45) is 0 Å². The minimum absolute atomic E-state index is 0.0556. The first kappa shape index (κ1) is 20.6. The molecule has 0 fully saturated rings.